The molecule has 0 saturated carbocycles. The third-order valence-corrected chi connectivity index (χ3v) is 7.14. The Bertz CT molecular complexity index is 937. The first-order valence-corrected chi connectivity index (χ1v) is 12.2. The van der Waals surface area contributed by atoms with Gasteiger partial charge in [-0.15, -0.1) is 11.3 Å². The number of ether oxygens (including phenoxy) is 3. The minimum atomic E-state index is -0.400. The molecule has 0 fully saturated rings. The Balaban J connectivity index is 1.96. The summed E-state index contributed by atoms with van der Waals surface area (Å²) in [5, 5.41) is 3.51. The normalized spacial score (nSPS) is 15.0. The molecule has 174 valence electrons. The average molecular weight is 460 g/mol. The number of para-hydroxylation sites is 1. The molecule has 1 aliphatic rings. The van der Waals surface area contributed by atoms with Gasteiger partial charge in [-0.3, -0.25) is 4.79 Å². The van der Waals surface area contributed by atoms with Crippen LogP contribution in [0, 0.1) is 0 Å². The molecule has 1 N–H and O–H groups in total. The van der Waals surface area contributed by atoms with E-state index in [4.69, 9.17) is 14.2 Å². The van der Waals surface area contributed by atoms with Crippen molar-refractivity contribution in [2.45, 2.75) is 64.2 Å². The van der Waals surface area contributed by atoms with Gasteiger partial charge in [0.15, 0.2) is 11.5 Å². The lowest BCUT2D eigenvalue weighted by molar-refractivity contribution is 0.0601. The van der Waals surface area contributed by atoms with Gasteiger partial charge in [-0.2, -0.15) is 0 Å². The van der Waals surface area contributed by atoms with Crippen molar-refractivity contribution in [1.82, 2.24) is 0 Å². The van der Waals surface area contributed by atoms with E-state index in [-0.39, 0.29) is 5.91 Å². The second kappa shape index (κ2) is 11.9. The van der Waals surface area contributed by atoms with Gasteiger partial charge in [-0.05, 0) is 43.4 Å². The van der Waals surface area contributed by atoms with Gasteiger partial charge in [0, 0.05) is 4.88 Å². The Hall–Kier alpha value is -2.54. The van der Waals surface area contributed by atoms with Crippen LogP contribution in [0.3, 0.4) is 0 Å². The zero-order valence-electron chi connectivity index (χ0n) is 19.3. The molecule has 0 spiro atoms. The Morgan fingerprint density at radius 3 is 2.16 bits per heavy atom. The Morgan fingerprint density at radius 2 is 1.53 bits per heavy atom. The predicted molar refractivity (Wildman–Crippen MR) is 128 cm³/mol. The predicted octanol–water partition coefficient (Wildman–Crippen LogP) is 6.02. The topological polar surface area (TPSA) is 73.9 Å². The van der Waals surface area contributed by atoms with Crippen molar-refractivity contribution in [2.24, 2.45) is 0 Å². The van der Waals surface area contributed by atoms with E-state index < -0.39 is 5.97 Å². The molecule has 32 heavy (non-hydrogen) atoms. The Labute approximate surface area is 194 Å². The molecule has 1 aliphatic carbocycles. The van der Waals surface area contributed by atoms with Gasteiger partial charge >= 0.3 is 5.97 Å². The summed E-state index contributed by atoms with van der Waals surface area (Å²) in [6, 6.07) is 5.16. The number of carbonyl (C=O) groups excluding carboxylic acids is 2. The summed E-state index contributed by atoms with van der Waals surface area (Å²) in [5.74, 6) is 0.0969. The maximum atomic E-state index is 13.2. The van der Waals surface area contributed by atoms with Gasteiger partial charge in [0.2, 0.25) is 0 Å². The van der Waals surface area contributed by atoms with E-state index in [1.165, 1.54) is 69.6 Å². The van der Waals surface area contributed by atoms with E-state index in [0.29, 0.717) is 27.6 Å². The maximum Gasteiger partial charge on any atom is 0.341 e. The summed E-state index contributed by atoms with van der Waals surface area (Å²) < 4.78 is 15.8. The first-order valence-electron chi connectivity index (χ1n) is 11.4. The summed E-state index contributed by atoms with van der Waals surface area (Å²) in [4.78, 5) is 27.1. The van der Waals surface area contributed by atoms with Crippen LogP contribution in [-0.2, 0) is 17.6 Å². The lowest BCUT2D eigenvalue weighted by Crippen LogP contribution is -2.16. The number of thiophene rings is 1. The number of fused-ring (bicyclic) bond motifs is 1. The van der Waals surface area contributed by atoms with Gasteiger partial charge in [0.1, 0.15) is 5.00 Å². The van der Waals surface area contributed by atoms with Crippen molar-refractivity contribution in [1.29, 1.82) is 0 Å². The highest BCUT2D eigenvalue weighted by atomic mass is 32.1. The Morgan fingerprint density at radius 1 is 0.875 bits per heavy atom. The molecule has 1 aromatic carbocycles. The highest BCUT2D eigenvalue weighted by Crippen LogP contribution is 2.38. The Kier molecular flexibility index (Phi) is 8.97. The molecule has 0 radical (unpaired) electrons. The molecule has 7 heteroatoms. The second-order valence-corrected chi connectivity index (χ2v) is 9.13. The number of methoxy groups -OCH3 is 3. The molecule has 0 bridgehead atoms. The number of carbonyl (C=O) groups is 2. The maximum absolute atomic E-state index is 13.2. The number of anilines is 1. The van der Waals surface area contributed by atoms with Gasteiger partial charge in [-0.25, -0.2) is 4.79 Å². The van der Waals surface area contributed by atoms with Gasteiger partial charge < -0.3 is 19.5 Å². The van der Waals surface area contributed by atoms with Crippen molar-refractivity contribution in [3.05, 3.63) is 39.8 Å². The van der Waals surface area contributed by atoms with Crippen LogP contribution in [0.5, 0.6) is 11.5 Å². The van der Waals surface area contributed by atoms with Gasteiger partial charge in [0.05, 0.1) is 32.5 Å². The third kappa shape index (κ3) is 5.63. The molecule has 2 aromatic rings. The first kappa shape index (κ1) is 24.1. The van der Waals surface area contributed by atoms with Crippen LogP contribution in [0.25, 0.3) is 0 Å². The molecular formula is C25H33NO5S. The lowest BCUT2D eigenvalue weighted by atomic mass is 9.97. The quantitative estimate of drug-likeness (QED) is 0.553. The lowest BCUT2D eigenvalue weighted by Gasteiger charge is -2.13. The smallest absolute Gasteiger partial charge is 0.341 e. The highest BCUT2D eigenvalue weighted by Gasteiger charge is 2.26. The number of aryl methyl sites for hydroxylation is 1. The fraction of sp³-hybridized carbons (Fsp3) is 0.520. The molecule has 0 aliphatic heterocycles. The molecule has 1 amide bonds. The fourth-order valence-corrected chi connectivity index (χ4v) is 5.54. The minimum Gasteiger partial charge on any atom is -0.493 e. The summed E-state index contributed by atoms with van der Waals surface area (Å²) in [5.41, 5.74) is 1.89. The van der Waals surface area contributed by atoms with Crippen molar-refractivity contribution < 1.29 is 23.8 Å². The average Bonchev–Trinajstić information content (AvgIpc) is 3.14. The van der Waals surface area contributed by atoms with Crippen LogP contribution in [0.1, 0.15) is 82.5 Å². The van der Waals surface area contributed by atoms with Crippen LogP contribution >= 0.6 is 11.3 Å². The largest absolute Gasteiger partial charge is 0.493 e. The summed E-state index contributed by atoms with van der Waals surface area (Å²) in [6.45, 7) is 0. The molecule has 6 nitrogen and oxygen atoms in total. The van der Waals surface area contributed by atoms with Crippen LogP contribution < -0.4 is 14.8 Å². The van der Waals surface area contributed by atoms with Crippen molar-refractivity contribution in [3.8, 4) is 11.5 Å². The standard InChI is InChI=1S/C25H33NO5S/c1-29-19-15-12-14-18(22(19)30-2)23(27)26-24-21(25(28)31-3)17-13-10-8-6-4-5-7-9-11-16-20(17)32-24/h12,14-15H,4-11,13,16H2,1-3H3,(H,26,27). The summed E-state index contributed by atoms with van der Waals surface area (Å²) in [7, 11) is 4.42. The molecule has 1 heterocycles. The number of nitrogens with one attached hydrogen (secondary N) is 1. The van der Waals surface area contributed by atoms with Gasteiger partial charge in [0.25, 0.3) is 5.91 Å². The molecule has 0 unspecified atom stereocenters. The van der Waals surface area contributed by atoms with E-state index in [0.717, 1.165) is 37.7 Å². The number of hydrogen-bond donors (Lipinski definition) is 1. The molecule has 0 atom stereocenters. The molecular weight excluding hydrogens is 426 g/mol. The van der Waals surface area contributed by atoms with Gasteiger partial charge in [-0.1, -0.05) is 44.6 Å². The summed E-state index contributed by atoms with van der Waals surface area (Å²) in [6.07, 6.45) is 11.3. The second-order valence-electron chi connectivity index (χ2n) is 8.02. The van der Waals surface area contributed by atoms with E-state index in [9.17, 15) is 9.59 Å². The van der Waals surface area contributed by atoms with E-state index >= 15 is 0 Å². The van der Waals surface area contributed by atoms with Crippen LogP contribution in [0.15, 0.2) is 18.2 Å². The number of benzene rings is 1. The minimum absolute atomic E-state index is 0.344. The van der Waals surface area contributed by atoms with Crippen LogP contribution in [0.4, 0.5) is 5.00 Å². The first-order chi connectivity index (χ1) is 15.6. The van der Waals surface area contributed by atoms with Crippen LogP contribution in [-0.4, -0.2) is 33.2 Å². The van der Waals surface area contributed by atoms with Crippen molar-refractivity contribution >= 4 is 28.2 Å². The van der Waals surface area contributed by atoms with Crippen molar-refractivity contribution in [2.75, 3.05) is 26.6 Å². The molecule has 0 saturated heterocycles. The number of rotatable bonds is 5. The summed E-state index contributed by atoms with van der Waals surface area (Å²) >= 11 is 1.50. The number of hydrogen-bond acceptors (Lipinski definition) is 6. The van der Waals surface area contributed by atoms with E-state index in [1.807, 2.05) is 0 Å². The zero-order valence-corrected chi connectivity index (χ0v) is 20.1. The number of amides is 1. The molecule has 1 aromatic heterocycles. The highest BCUT2D eigenvalue weighted by molar-refractivity contribution is 7.17. The monoisotopic (exact) mass is 459 g/mol. The zero-order chi connectivity index (χ0) is 22.9. The van der Waals surface area contributed by atoms with E-state index in [1.54, 1.807) is 18.2 Å². The SMILES string of the molecule is COC(=O)c1c(NC(=O)c2cccc(OC)c2OC)sc2c1CCCCCCCCCC2. The number of esters is 1. The fourth-order valence-electron chi connectivity index (χ4n) is 4.27. The van der Waals surface area contributed by atoms with Crippen molar-refractivity contribution in [3.63, 3.8) is 0 Å². The van der Waals surface area contributed by atoms with E-state index in [2.05, 4.69) is 5.32 Å². The molecule has 3 rings (SSSR count). The van der Waals surface area contributed by atoms with Crippen LogP contribution in [0.2, 0.25) is 0 Å². The third-order valence-electron chi connectivity index (χ3n) is 5.94.